The molecule has 0 fully saturated rings. The van der Waals surface area contributed by atoms with Crippen molar-refractivity contribution in [3.05, 3.63) is 28.5 Å². The third-order valence-corrected chi connectivity index (χ3v) is 2.76. The van der Waals surface area contributed by atoms with Gasteiger partial charge in [0.05, 0.1) is 17.4 Å². The van der Waals surface area contributed by atoms with Gasteiger partial charge in [0.2, 0.25) is 0 Å². The Morgan fingerprint density at radius 2 is 2.00 bits per heavy atom. The van der Waals surface area contributed by atoms with Crippen LogP contribution in [0.3, 0.4) is 0 Å². The smallest absolute Gasteiger partial charge is 0.0958 e. The monoisotopic (exact) mass is 268 g/mol. The van der Waals surface area contributed by atoms with E-state index in [1.165, 1.54) is 11.1 Å². The Kier molecular flexibility index (Phi) is 4.33. The zero-order chi connectivity index (χ0) is 11.4. The summed E-state index contributed by atoms with van der Waals surface area (Å²) in [5, 5.41) is 0. The minimum Gasteiger partial charge on any atom is -0.330 e. The summed E-state index contributed by atoms with van der Waals surface area (Å²) in [5.41, 5.74) is 3.49. The van der Waals surface area contributed by atoms with E-state index in [0.29, 0.717) is 0 Å². The minimum atomic E-state index is 0.957. The van der Waals surface area contributed by atoms with Gasteiger partial charge in [-0.15, -0.1) is 0 Å². The number of halogens is 1. The first-order chi connectivity index (χ1) is 7.22. The first kappa shape index (κ1) is 12.2. The Morgan fingerprint density at radius 3 is 2.60 bits per heavy atom. The fraction of sp³-hybridized carbons (Fsp3) is 0.417. The molecular formula is C12H17BrN2. The number of rotatable bonds is 1. The number of aryl methyl sites for hydroxylation is 2. The Labute approximate surface area is 99.4 Å². The number of hydrogen-bond acceptors (Lipinski definition) is 1. The van der Waals surface area contributed by atoms with E-state index in [2.05, 4.69) is 51.5 Å². The van der Waals surface area contributed by atoms with Gasteiger partial charge in [0.15, 0.2) is 0 Å². The quantitative estimate of drug-likeness (QED) is 0.760. The molecule has 1 aromatic heterocycles. The van der Waals surface area contributed by atoms with Crippen molar-refractivity contribution in [2.45, 2.75) is 34.2 Å². The molecule has 0 aliphatic heterocycles. The highest BCUT2D eigenvalue weighted by Gasteiger charge is 2.05. The summed E-state index contributed by atoms with van der Waals surface area (Å²) >= 11 is 3.56. The van der Waals surface area contributed by atoms with Crippen LogP contribution in [0.4, 0.5) is 0 Å². The Morgan fingerprint density at radius 1 is 1.33 bits per heavy atom. The van der Waals surface area contributed by atoms with Crippen molar-refractivity contribution >= 4 is 27.0 Å². The van der Waals surface area contributed by atoms with E-state index in [9.17, 15) is 0 Å². The number of aromatic nitrogens is 2. The second-order valence-electron chi connectivity index (χ2n) is 3.15. The fourth-order valence-corrected chi connectivity index (χ4v) is 2.32. The molecule has 1 aromatic carbocycles. The number of nitrogens with zero attached hydrogens (tertiary/aromatic N) is 2. The molecule has 2 rings (SSSR count). The molecule has 2 aromatic rings. The maximum atomic E-state index is 4.34. The van der Waals surface area contributed by atoms with Crippen molar-refractivity contribution < 1.29 is 0 Å². The van der Waals surface area contributed by atoms with Crippen molar-refractivity contribution in [3.63, 3.8) is 0 Å². The lowest BCUT2D eigenvalue weighted by Crippen LogP contribution is -1.91. The summed E-state index contributed by atoms with van der Waals surface area (Å²) in [4.78, 5) is 4.34. The van der Waals surface area contributed by atoms with E-state index in [-0.39, 0.29) is 0 Å². The van der Waals surface area contributed by atoms with Crippen LogP contribution in [0.5, 0.6) is 0 Å². The summed E-state index contributed by atoms with van der Waals surface area (Å²) in [6.45, 7) is 9.15. The molecule has 1 heterocycles. The van der Waals surface area contributed by atoms with Gasteiger partial charge < -0.3 is 4.57 Å². The first-order valence-electron chi connectivity index (χ1n) is 5.33. The van der Waals surface area contributed by atoms with Crippen LogP contribution in [0.25, 0.3) is 11.0 Å². The lowest BCUT2D eigenvalue weighted by Gasteiger charge is -2.02. The van der Waals surface area contributed by atoms with Crippen molar-refractivity contribution in [2.24, 2.45) is 0 Å². The average molecular weight is 269 g/mol. The van der Waals surface area contributed by atoms with Crippen LogP contribution >= 0.6 is 15.9 Å². The molecule has 15 heavy (non-hydrogen) atoms. The van der Waals surface area contributed by atoms with Crippen LogP contribution in [0.15, 0.2) is 22.9 Å². The highest BCUT2D eigenvalue weighted by molar-refractivity contribution is 9.10. The lowest BCUT2D eigenvalue weighted by molar-refractivity contribution is 0.786. The molecule has 0 saturated heterocycles. The lowest BCUT2D eigenvalue weighted by atomic mass is 10.2. The third kappa shape index (κ3) is 2.40. The highest BCUT2D eigenvalue weighted by atomic mass is 79.9. The molecule has 0 saturated carbocycles. The molecule has 0 bridgehead atoms. The normalized spacial score (nSPS) is 9.93. The maximum absolute atomic E-state index is 4.34. The predicted octanol–water partition coefficient (Wildman–Crippen LogP) is 4.15. The molecule has 0 aliphatic carbocycles. The zero-order valence-corrected chi connectivity index (χ0v) is 11.3. The van der Waals surface area contributed by atoms with Gasteiger partial charge in [-0.2, -0.15) is 0 Å². The van der Waals surface area contributed by atoms with Crippen molar-refractivity contribution in [1.82, 2.24) is 9.55 Å². The molecule has 0 N–H and O–H groups in total. The summed E-state index contributed by atoms with van der Waals surface area (Å²) in [6, 6.07) is 4.22. The topological polar surface area (TPSA) is 17.8 Å². The standard InChI is InChI=1S/C10H11BrN2.C2H6/c1-3-13-6-12-9-5-7(2)4-8(11)10(9)13;1-2/h4-6H,3H2,1-2H3;1-2H3. The summed E-state index contributed by atoms with van der Waals surface area (Å²) in [6.07, 6.45) is 1.88. The Bertz CT molecular complexity index is 446. The van der Waals surface area contributed by atoms with Gasteiger partial charge in [-0.25, -0.2) is 4.98 Å². The van der Waals surface area contributed by atoms with Gasteiger partial charge in [0.25, 0.3) is 0 Å². The molecule has 82 valence electrons. The number of benzene rings is 1. The molecule has 2 nitrogen and oxygen atoms in total. The van der Waals surface area contributed by atoms with E-state index in [4.69, 9.17) is 0 Å². The zero-order valence-electron chi connectivity index (χ0n) is 9.71. The minimum absolute atomic E-state index is 0.957. The molecule has 0 amide bonds. The average Bonchev–Trinajstić information content (AvgIpc) is 2.63. The Balaban J connectivity index is 0.000000531. The van der Waals surface area contributed by atoms with E-state index >= 15 is 0 Å². The summed E-state index contributed by atoms with van der Waals surface area (Å²) in [7, 11) is 0. The van der Waals surface area contributed by atoms with Crippen LogP contribution in [0.2, 0.25) is 0 Å². The SMILES string of the molecule is CC.CCn1cnc2cc(C)cc(Br)c21. The van der Waals surface area contributed by atoms with Gasteiger partial charge in [-0.1, -0.05) is 13.8 Å². The molecule has 0 unspecified atom stereocenters. The highest BCUT2D eigenvalue weighted by Crippen LogP contribution is 2.24. The van der Waals surface area contributed by atoms with Crippen LogP contribution in [0, 0.1) is 6.92 Å². The summed E-state index contributed by atoms with van der Waals surface area (Å²) in [5.74, 6) is 0. The van der Waals surface area contributed by atoms with Crippen molar-refractivity contribution in [1.29, 1.82) is 0 Å². The molecule has 0 atom stereocenters. The van der Waals surface area contributed by atoms with E-state index in [1.54, 1.807) is 0 Å². The van der Waals surface area contributed by atoms with E-state index in [1.807, 2.05) is 20.2 Å². The fourth-order valence-electron chi connectivity index (χ4n) is 1.53. The Hall–Kier alpha value is -0.830. The number of imidazole rings is 1. The van der Waals surface area contributed by atoms with Crippen molar-refractivity contribution in [2.75, 3.05) is 0 Å². The molecule has 3 heteroatoms. The molecule has 0 spiro atoms. The number of hydrogen-bond donors (Lipinski definition) is 0. The van der Waals surface area contributed by atoms with Crippen molar-refractivity contribution in [3.8, 4) is 0 Å². The van der Waals surface area contributed by atoms with E-state index in [0.717, 1.165) is 16.5 Å². The third-order valence-electron chi connectivity index (χ3n) is 2.15. The van der Waals surface area contributed by atoms with Crippen LogP contribution in [-0.2, 0) is 6.54 Å². The molecular weight excluding hydrogens is 252 g/mol. The molecule has 0 aliphatic rings. The van der Waals surface area contributed by atoms with Gasteiger partial charge in [-0.3, -0.25) is 0 Å². The van der Waals surface area contributed by atoms with Gasteiger partial charge >= 0.3 is 0 Å². The van der Waals surface area contributed by atoms with Crippen LogP contribution < -0.4 is 0 Å². The van der Waals surface area contributed by atoms with Crippen LogP contribution in [-0.4, -0.2) is 9.55 Å². The van der Waals surface area contributed by atoms with Crippen LogP contribution in [0.1, 0.15) is 26.3 Å². The predicted molar refractivity (Wildman–Crippen MR) is 69.2 cm³/mol. The van der Waals surface area contributed by atoms with Gasteiger partial charge in [-0.05, 0) is 47.5 Å². The van der Waals surface area contributed by atoms with E-state index < -0.39 is 0 Å². The summed E-state index contributed by atoms with van der Waals surface area (Å²) < 4.78 is 3.26. The largest absolute Gasteiger partial charge is 0.330 e. The number of fused-ring (bicyclic) bond motifs is 1. The first-order valence-corrected chi connectivity index (χ1v) is 6.12. The molecule has 0 radical (unpaired) electrons. The maximum Gasteiger partial charge on any atom is 0.0958 e. The van der Waals surface area contributed by atoms with Gasteiger partial charge in [0, 0.05) is 11.0 Å². The second-order valence-corrected chi connectivity index (χ2v) is 4.00. The van der Waals surface area contributed by atoms with Gasteiger partial charge in [0.1, 0.15) is 0 Å². The second kappa shape index (κ2) is 5.31.